The van der Waals surface area contributed by atoms with Crippen LogP contribution in [0.2, 0.25) is 0 Å². The molecule has 3 aromatic carbocycles. The van der Waals surface area contributed by atoms with Crippen LogP contribution in [0.4, 0.5) is 10.1 Å². The summed E-state index contributed by atoms with van der Waals surface area (Å²) in [5, 5.41) is 2.35. The van der Waals surface area contributed by atoms with Crippen molar-refractivity contribution in [2.75, 3.05) is 38.2 Å². The molecule has 3 aromatic rings. The summed E-state index contributed by atoms with van der Waals surface area (Å²) in [6, 6.07) is 18.1. The predicted molar refractivity (Wildman–Crippen MR) is 125 cm³/mol. The Labute approximate surface area is 188 Å². The second-order valence-electron chi connectivity index (χ2n) is 7.59. The molecular weight excluding hydrogens is 417 g/mol. The molecule has 0 saturated carbocycles. The minimum absolute atomic E-state index is 0. The molecule has 1 atom stereocenters. The van der Waals surface area contributed by atoms with Gasteiger partial charge in [-0.2, -0.15) is 0 Å². The number of nitrogens with zero attached hydrogens (tertiary/aromatic N) is 2. The largest absolute Gasteiger partial charge is 0.497 e. The summed E-state index contributed by atoms with van der Waals surface area (Å²) < 4.78 is 18.5. The third-order valence-corrected chi connectivity index (χ3v) is 5.75. The fourth-order valence-electron chi connectivity index (χ4n) is 4.01. The monoisotopic (exact) mass is 443 g/mol. The maximum atomic E-state index is 13.1. The lowest BCUT2D eigenvalue weighted by Crippen LogP contribution is -2.54. The molecule has 4 rings (SSSR count). The second kappa shape index (κ2) is 10.1. The second-order valence-corrected chi connectivity index (χ2v) is 7.59. The summed E-state index contributed by atoms with van der Waals surface area (Å²) in [6.07, 6.45) is -0.130. The Morgan fingerprint density at radius 2 is 1.77 bits per heavy atom. The van der Waals surface area contributed by atoms with Crippen molar-refractivity contribution in [2.45, 2.75) is 12.6 Å². The van der Waals surface area contributed by atoms with Gasteiger partial charge in [0, 0.05) is 49.2 Å². The molecule has 31 heavy (non-hydrogen) atoms. The van der Waals surface area contributed by atoms with Crippen LogP contribution < -0.4 is 15.4 Å². The Hall–Kier alpha value is -2.67. The van der Waals surface area contributed by atoms with Crippen molar-refractivity contribution in [3.63, 3.8) is 0 Å². The van der Waals surface area contributed by atoms with E-state index in [9.17, 15) is 9.18 Å². The highest BCUT2D eigenvalue weighted by molar-refractivity contribution is 5.96. The number of benzene rings is 3. The van der Waals surface area contributed by atoms with E-state index >= 15 is 0 Å². The normalized spacial score (nSPS) is 15.4. The zero-order valence-electron chi connectivity index (χ0n) is 17.5. The van der Waals surface area contributed by atoms with E-state index in [1.165, 1.54) is 40.7 Å². The Bertz CT molecular complexity index is 1040. The van der Waals surface area contributed by atoms with Crippen LogP contribution in [0.5, 0.6) is 5.75 Å². The third kappa shape index (κ3) is 5.15. The highest BCUT2D eigenvalue weighted by Crippen LogP contribution is 2.30. The molecular formula is C24H27ClFN3O2. The fourth-order valence-corrected chi connectivity index (χ4v) is 4.01. The minimum atomic E-state index is -0.350. The molecule has 0 amide bonds. The van der Waals surface area contributed by atoms with Crippen LogP contribution in [0.3, 0.4) is 0 Å². The van der Waals surface area contributed by atoms with Crippen LogP contribution in [-0.4, -0.2) is 50.1 Å². The highest BCUT2D eigenvalue weighted by Gasteiger charge is 2.24. The lowest BCUT2D eigenvalue weighted by molar-refractivity contribution is 0.0915. The van der Waals surface area contributed by atoms with E-state index in [2.05, 4.69) is 40.1 Å². The maximum Gasteiger partial charge on any atom is 0.165 e. The summed E-state index contributed by atoms with van der Waals surface area (Å²) in [6.45, 7) is 3.21. The number of anilines is 1. The number of rotatable bonds is 6. The van der Waals surface area contributed by atoms with Crippen LogP contribution in [0.15, 0.2) is 60.7 Å². The maximum absolute atomic E-state index is 13.1. The number of carbonyl (C=O) groups is 1. The van der Waals surface area contributed by atoms with Crippen molar-refractivity contribution in [2.24, 2.45) is 5.73 Å². The average molecular weight is 444 g/mol. The van der Waals surface area contributed by atoms with Gasteiger partial charge in [0.15, 0.2) is 5.78 Å². The first-order chi connectivity index (χ1) is 14.5. The van der Waals surface area contributed by atoms with Crippen LogP contribution in [0, 0.1) is 5.82 Å². The van der Waals surface area contributed by atoms with Gasteiger partial charge >= 0.3 is 0 Å². The van der Waals surface area contributed by atoms with E-state index in [0.29, 0.717) is 5.56 Å². The Morgan fingerprint density at radius 1 is 1.06 bits per heavy atom. The smallest absolute Gasteiger partial charge is 0.165 e. The molecule has 0 aromatic heterocycles. The van der Waals surface area contributed by atoms with Gasteiger partial charge in [0.1, 0.15) is 11.6 Å². The summed E-state index contributed by atoms with van der Waals surface area (Å²) in [5.74, 6) is 0.430. The standard InChI is InChI=1S/C24H26FN3O2.ClH/c1-30-20-10-7-17-3-2-4-22(21(17)15-20)27-11-13-28(14-12-27)24(26)16-23(29)18-5-8-19(25)9-6-18;/h2-10,15,24H,11-14,16,26H2,1H3;1H. The van der Waals surface area contributed by atoms with E-state index in [1.54, 1.807) is 7.11 Å². The Kier molecular flexibility index (Phi) is 7.49. The van der Waals surface area contributed by atoms with Gasteiger partial charge in [-0.15, -0.1) is 12.4 Å². The quantitative estimate of drug-likeness (QED) is 0.581. The molecule has 5 nitrogen and oxygen atoms in total. The zero-order valence-corrected chi connectivity index (χ0v) is 18.3. The minimum Gasteiger partial charge on any atom is -0.497 e. The molecule has 1 saturated heterocycles. The number of piperazine rings is 1. The molecule has 0 spiro atoms. The van der Waals surface area contributed by atoms with Crippen molar-refractivity contribution < 1.29 is 13.9 Å². The lowest BCUT2D eigenvalue weighted by atomic mass is 10.1. The number of ether oxygens (including phenoxy) is 1. The van der Waals surface area contributed by atoms with Gasteiger partial charge in [-0.1, -0.05) is 18.2 Å². The number of Topliss-reactive ketones (excluding diaryl/α,β-unsaturated/α-hetero) is 1. The van der Waals surface area contributed by atoms with Crippen molar-refractivity contribution in [3.8, 4) is 5.75 Å². The molecule has 1 aliphatic heterocycles. The van der Waals surface area contributed by atoms with Crippen LogP contribution in [0.1, 0.15) is 16.8 Å². The number of fused-ring (bicyclic) bond motifs is 1. The summed E-state index contributed by atoms with van der Waals surface area (Å²) >= 11 is 0. The third-order valence-electron chi connectivity index (χ3n) is 5.75. The number of hydrogen-bond acceptors (Lipinski definition) is 5. The summed E-state index contributed by atoms with van der Waals surface area (Å²) in [7, 11) is 1.68. The Morgan fingerprint density at radius 3 is 2.45 bits per heavy atom. The zero-order chi connectivity index (χ0) is 21.1. The van der Waals surface area contributed by atoms with Gasteiger partial charge in [-0.3, -0.25) is 9.69 Å². The van der Waals surface area contributed by atoms with E-state index in [1.807, 2.05) is 6.07 Å². The van der Waals surface area contributed by atoms with E-state index in [-0.39, 0.29) is 36.6 Å². The van der Waals surface area contributed by atoms with Gasteiger partial charge in [0.2, 0.25) is 0 Å². The predicted octanol–water partition coefficient (Wildman–Crippen LogP) is 4.09. The molecule has 1 aliphatic rings. The molecule has 0 aliphatic carbocycles. The number of hydrogen-bond donors (Lipinski definition) is 1. The average Bonchev–Trinajstić information content (AvgIpc) is 2.78. The van der Waals surface area contributed by atoms with Gasteiger partial charge in [0.05, 0.1) is 13.3 Å². The van der Waals surface area contributed by atoms with Crippen LogP contribution >= 0.6 is 12.4 Å². The van der Waals surface area contributed by atoms with Crippen LogP contribution in [0.25, 0.3) is 10.8 Å². The first-order valence-electron chi connectivity index (χ1n) is 10.2. The van der Waals surface area contributed by atoms with Gasteiger partial charge in [-0.25, -0.2) is 4.39 Å². The van der Waals surface area contributed by atoms with Crippen molar-refractivity contribution in [1.29, 1.82) is 0 Å². The van der Waals surface area contributed by atoms with Gasteiger partial charge in [0.25, 0.3) is 0 Å². The molecule has 1 unspecified atom stereocenters. The first kappa shape index (κ1) is 23.0. The molecule has 1 heterocycles. The molecule has 2 N–H and O–H groups in total. The fraction of sp³-hybridized carbons (Fsp3) is 0.292. The van der Waals surface area contributed by atoms with E-state index in [0.717, 1.165) is 31.9 Å². The molecule has 7 heteroatoms. The molecule has 0 radical (unpaired) electrons. The molecule has 164 valence electrons. The Balaban J connectivity index is 0.00000272. The number of carbonyl (C=O) groups excluding carboxylic acids is 1. The number of ketones is 1. The van der Waals surface area contributed by atoms with E-state index < -0.39 is 0 Å². The lowest BCUT2D eigenvalue weighted by Gasteiger charge is -2.39. The van der Waals surface area contributed by atoms with E-state index in [4.69, 9.17) is 10.5 Å². The van der Waals surface area contributed by atoms with Crippen molar-refractivity contribution >= 4 is 34.7 Å². The number of methoxy groups -OCH3 is 1. The van der Waals surface area contributed by atoms with Gasteiger partial charge < -0.3 is 15.4 Å². The van der Waals surface area contributed by atoms with Crippen LogP contribution in [-0.2, 0) is 0 Å². The molecule has 1 fully saturated rings. The highest BCUT2D eigenvalue weighted by atomic mass is 35.5. The van der Waals surface area contributed by atoms with Crippen molar-refractivity contribution in [3.05, 3.63) is 72.0 Å². The number of halogens is 2. The first-order valence-corrected chi connectivity index (χ1v) is 10.2. The molecule has 0 bridgehead atoms. The SMILES string of the molecule is COc1ccc2cccc(N3CCN(C(N)CC(=O)c4ccc(F)cc4)CC3)c2c1.Cl. The number of nitrogens with two attached hydrogens (primary N) is 1. The van der Waals surface area contributed by atoms with Gasteiger partial charge in [-0.05, 0) is 47.9 Å². The topological polar surface area (TPSA) is 58.8 Å². The summed E-state index contributed by atoms with van der Waals surface area (Å²) in [5.41, 5.74) is 8.00. The van der Waals surface area contributed by atoms with Crippen molar-refractivity contribution in [1.82, 2.24) is 4.90 Å². The summed E-state index contributed by atoms with van der Waals surface area (Å²) in [4.78, 5) is 16.9.